The first kappa shape index (κ1) is 15.7. The average molecular weight is 293 g/mol. The normalized spacial score (nSPS) is 19.5. The van der Waals surface area contributed by atoms with Crippen LogP contribution in [0.2, 0.25) is 0 Å². The molecule has 1 saturated heterocycles. The van der Waals surface area contributed by atoms with Gasteiger partial charge in [0.1, 0.15) is 11.9 Å². The van der Waals surface area contributed by atoms with Crippen LogP contribution in [0.25, 0.3) is 0 Å². The van der Waals surface area contributed by atoms with Gasteiger partial charge in [0.15, 0.2) is 0 Å². The molecule has 0 aromatic carbocycles. The first-order chi connectivity index (χ1) is 10.1. The Hall–Kier alpha value is -1.70. The predicted octanol–water partition coefficient (Wildman–Crippen LogP) is 0.0926. The van der Waals surface area contributed by atoms with E-state index in [0.29, 0.717) is 32.1 Å². The van der Waals surface area contributed by atoms with Crippen molar-refractivity contribution in [3.63, 3.8) is 0 Å². The summed E-state index contributed by atoms with van der Waals surface area (Å²) in [5.41, 5.74) is 3.55. The number of ether oxygens (including phenoxy) is 1. The van der Waals surface area contributed by atoms with Crippen LogP contribution in [-0.4, -0.2) is 47.6 Å². The summed E-state index contributed by atoms with van der Waals surface area (Å²) in [4.78, 5) is 18.6. The van der Waals surface area contributed by atoms with Gasteiger partial charge in [-0.3, -0.25) is 9.69 Å². The van der Waals surface area contributed by atoms with E-state index in [9.17, 15) is 4.79 Å². The number of amides is 1. The summed E-state index contributed by atoms with van der Waals surface area (Å²) in [7, 11) is 0. The lowest BCUT2D eigenvalue weighted by atomic mass is 10.1. The maximum atomic E-state index is 12.3. The van der Waals surface area contributed by atoms with Crippen molar-refractivity contribution >= 4 is 11.7 Å². The lowest BCUT2D eigenvalue weighted by Gasteiger charge is -2.35. The lowest BCUT2D eigenvalue weighted by Crippen LogP contribution is -2.54. The molecule has 0 aliphatic carbocycles. The molecule has 0 bridgehead atoms. The van der Waals surface area contributed by atoms with Gasteiger partial charge in [-0.25, -0.2) is 10.8 Å². The highest BCUT2D eigenvalue weighted by molar-refractivity contribution is 5.82. The third-order valence-electron chi connectivity index (χ3n) is 3.37. The third kappa shape index (κ3) is 4.13. The Kier molecular flexibility index (Phi) is 5.49. The number of carbonyl (C=O) groups is 1. The first-order valence-electron chi connectivity index (χ1n) is 7.14. The zero-order valence-corrected chi connectivity index (χ0v) is 12.5. The van der Waals surface area contributed by atoms with Crippen LogP contribution in [0.5, 0.6) is 0 Å². The van der Waals surface area contributed by atoms with Crippen LogP contribution in [0.3, 0.4) is 0 Å². The summed E-state index contributed by atoms with van der Waals surface area (Å²) >= 11 is 0. The highest BCUT2D eigenvalue weighted by atomic mass is 16.5. The molecule has 1 aliphatic heterocycles. The van der Waals surface area contributed by atoms with Gasteiger partial charge in [0.2, 0.25) is 5.91 Å². The largest absolute Gasteiger partial charge is 0.378 e. The number of pyridine rings is 1. The highest BCUT2D eigenvalue weighted by Gasteiger charge is 2.30. The van der Waals surface area contributed by atoms with E-state index in [1.165, 1.54) is 0 Å². The number of nitrogen functional groups attached to an aromatic ring is 1. The second-order valence-electron chi connectivity index (χ2n) is 5.38. The molecule has 1 atom stereocenters. The van der Waals surface area contributed by atoms with Crippen LogP contribution in [0.4, 0.5) is 5.82 Å². The number of nitrogens with one attached hydrogen (secondary N) is 2. The van der Waals surface area contributed by atoms with E-state index in [1.54, 1.807) is 6.20 Å². The standard InChI is InChI=1S/C14H23N5O2/c1-10(2)17-14(20)12-9-21-7-6-19(12)8-11-4-3-5-16-13(11)18-15/h3-5,10,12H,6-9,15H2,1-2H3,(H,16,18)(H,17,20). The molecule has 21 heavy (non-hydrogen) atoms. The van der Waals surface area contributed by atoms with Crippen molar-refractivity contribution < 1.29 is 9.53 Å². The maximum Gasteiger partial charge on any atom is 0.239 e. The Bertz CT molecular complexity index is 480. The van der Waals surface area contributed by atoms with Gasteiger partial charge in [-0.2, -0.15) is 0 Å². The zero-order valence-electron chi connectivity index (χ0n) is 12.5. The van der Waals surface area contributed by atoms with E-state index in [1.807, 2.05) is 26.0 Å². The lowest BCUT2D eigenvalue weighted by molar-refractivity contribution is -0.133. The summed E-state index contributed by atoms with van der Waals surface area (Å²) in [5, 5.41) is 2.94. The molecule has 7 nitrogen and oxygen atoms in total. The van der Waals surface area contributed by atoms with Gasteiger partial charge >= 0.3 is 0 Å². The Balaban J connectivity index is 2.10. The summed E-state index contributed by atoms with van der Waals surface area (Å²) in [6, 6.07) is 3.64. The van der Waals surface area contributed by atoms with Gasteiger partial charge in [-0.05, 0) is 19.9 Å². The molecule has 0 radical (unpaired) electrons. The van der Waals surface area contributed by atoms with Crippen LogP contribution in [0.15, 0.2) is 18.3 Å². The minimum absolute atomic E-state index is 0.00384. The molecule has 0 spiro atoms. The number of anilines is 1. The SMILES string of the molecule is CC(C)NC(=O)C1COCCN1Cc1cccnc1NN. The molecule has 1 amide bonds. The molecule has 1 aliphatic rings. The quantitative estimate of drug-likeness (QED) is 0.526. The van der Waals surface area contributed by atoms with E-state index in [-0.39, 0.29) is 18.0 Å². The van der Waals surface area contributed by atoms with Crippen molar-refractivity contribution in [2.45, 2.75) is 32.5 Å². The number of aromatic nitrogens is 1. The molecule has 4 N–H and O–H groups in total. The van der Waals surface area contributed by atoms with Crippen molar-refractivity contribution in [3.05, 3.63) is 23.9 Å². The van der Waals surface area contributed by atoms with Crippen molar-refractivity contribution in [1.29, 1.82) is 0 Å². The maximum absolute atomic E-state index is 12.3. The van der Waals surface area contributed by atoms with Gasteiger partial charge in [0, 0.05) is 30.9 Å². The molecule has 116 valence electrons. The van der Waals surface area contributed by atoms with Crippen molar-refractivity contribution in [1.82, 2.24) is 15.2 Å². The second-order valence-corrected chi connectivity index (χ2v) is 5.38. The number of hydrazine groups is 1. The van der Waals surface area contributed by atoms with Gasteiger partial charge in [0.25, 0.3) is 0 Å². The van der Waals surface area contributed by atoms with Crippen LogP contribution in [0, 0.1) is 0 Å². The van der Waals surface area contributed by atoms with Gasteiger partial charge < -0.3 is 15.5 Å². The molecule has 1 unspecified atom stereocenters. The van der Waals surface area contributed by atoms with E-state index in [0.717, 1.165) is 5.56 Å². The molecule has 0 saturated carbocycles. The molecule has 1 fully saturated rings. The molecular weight excluding hydrogens is 270 g/mol. The number of hydrogen-bond donors (Lipinski definition) is 3. The van der Waals surface area contributed by atoms with Crippen LogP contribution >= 0.6 is 0 Å². The zero-order chi connectivity index (χ0) is 15.2. The Morgan fingerprint density at radius 3 is 3.14 bits per heavy atom. The van der Waals surface area contributed by atoms with Gasteiger partial charge in [-0.15, -0.1) is 0 Å². The summed E-state index contributed by atoms with van der Waals surface area (Å²) in [5.74, 6) is 6.11. The monoisotopic (exact) mass is 293 g/mol. The molecular formula is C14H23N5O2. The number of hydrogen-bond acceptors (Lipinski definition) is 6. The number of nitrogens with zero attached hydrogens (tertiary/aromatic N) is 2. The Morgan fingerprint density at radius 1 is 1.62 bits per heavy atom. The fourth-order valence-electron chi connectivity index (χ4n) is 2.36. The molecule has 7 heteroatoms. The van der Waals surface area contributed by atoms with Gasteiger partial charge in [0.05, 0.1) is 13.2 Å². The minimum Gasteiger partial charge on any atom is -0.378 e. The molecule has 1 aromatic rings. The van der Waals surface area contributed by atoms with Crippen LogP contribution in [-0.2, 0) is 16.1 Å². The summed E-state index contributed by atoms with van der Waals surface area (Å²) in [6.45, 7) is 6.23. The average Bonchev–Trinajstić information content (AvgIpc) is 2.47. The fraction of sp³-hybridized carbons (Fsp3) is 0.571. The third-order valence-corrected chi connectivity index (χ3v) is 3.37. The fourth-order valence-corrected chi connectivity index (χ4v) is 2.36. The number of nitrogens with two attached hydrogens (primary N) is 1. The van der Waals surface area contributed by atoms with Crippen LogP contribution in [0.1, 0.15) is 19.4 Å². The van der Waals surface area contributed by atoms with Gasteiger partial charge in [-0.1, -0.05) is 6.07 Å². The van der Waals surface area contributed by atoms with E-state index in [4.69, 9.17) is 10.6 Å². The Labute approximate surface area is 124 Å². The van der Waals surface area contributed by atoms with Crippen molar-refractivity contribution in [2.75, 3.05) is 25.2 Å². The first-order valence-corrected chi connectivity index (χ1v) is 7.14. The molecule has 1 aromatic heterocycles. The molecule has 2 heterocycles. The number of rotatable bonds is 5. The van der Waals surface area contributed by atoms with E-state index < -0.39 is 0 Å². The predicted molar refractivity (Wildman–Crippen MR) is 80.3 cm³/mol. The highest BCUT2D eigenvalue weighted by Crippen LogP contribution is 2.17. The minimum atomic E-state index is -0.285. The Morgan fingerprint density at radius 2 is 2.43 bits per heavy atom. The summed E-state index contributed by atoms with van der Waals surface area (Å²) in [6.07, 6.45) is 1.68. The summed E-state index contributed by atoms with van der Waals surface area (Å²) < 4.78 is 5.45. The topological polar surface area (TPSA) is 92.5 Å². The second kappa shape index (κ2) is 7.35. The van der Waals surface area contributed by atoms with E-state index >= 15 is 0 Å². The van der Waals surface area contributed by atoms with Crippen LogP contribution < -0.4 is 16.6 Å². The van der Waals surface area contributed by atoms with Crippen molar-refractivity contribution in [2.24, 2.45) is 5.84 Å². The van der Waals surface area contributed by atoms with E-state index in [2.05, 4.69) is 20.6 Å². The van der Waals surface area contributed by atoms with Crippen molar-refractivity contribution in [3.8, 4) is 0 Å². The number of carbonyl (C=O) groups excluding carboxylic acids is 1. The number of morpholine rings is 1. The smallest absolute Gasteiger partial charge is 0.239 e. The molecule has 2 rings (SSSR count).